The normalized spacial score (nSPS) is 17.2. The van der Waals surface area contributed by atoms with Crippen LogP contribution in [0.5, 0.6) is 0 Å². The van der Waals surface area contributed by atoms with Gasteiger partial charge in [-0.1, -0.05) is 19.8 Å². The molecule has 1 nitrogen and oxygen atoms in total. The van der Waals surface area contributed by atoms with E-state index in [0.717, 1.165) is 24.6 Å². The molecule has 1 atom stereocenters. The molecule has 1 aromatic carbocycles. The molecule has 1 unspecified atom stereocenters. The zero-order chi connectivity index (χ0) is 14.8. The first-order valence-electron chi connectivity index (χ1n) is 7.01. The zero-order valence-corrected chi connectivity index (χ0v) is 11.4. The second-order valence-corrected chi connectivity index (χ2v) is 5.37. The highest BCUT2D eigenvalue weighted by molar-refractivity contribution is 5.29. The van der Waals surface area contributed by atoms with Crippen molar-refractivity contribution in [3.05, 3.63) is 35.1 Å². The maximum atomic E-state index is 13.9. The Balaban J connectivity index is 2.20. The van der Waals surface area contributed by atoms with E-state index in [0.29, 0.717) is 18.9 Å². The van der Waals surface area contributed by atoms with Crippen LogP contribution in [-0.2, 0) is 6.18 Å². The van der Waals surface area contributed by atoms with Crippen LogP contribution in [0, 0.1) is 11.7 Å². The summed E-state index contributed by atoms with van der Waals surface area (Å²) < 4.78 is 52.1. The summed E-state index contributed by atoms with van der Waals surface area (Å²) in [7, 11) is 0. The Morgan fingerprint density at radius 2 is 2.00 bits per heavy atom. The van der Waals surface area contributed by atoms with Crippen molar-refractivity contribution in [1.82, 2.24) is 5.32 Å². The van der Waals surface area contributed by atoms with Gasteiger partial charge in [0, 0.05) is 11.6 Å². The molecular weight excluding hydrogens is 270 g/mol. The van der Waals surface area contributed by atoms with E-state index >= 15 is 0 Å². The molecule has 20 heavy (non-hydrogen) atoms. The molecule has 0 bridgehead atoms. The lowest BCUT2D eigenvalue weighted by molar-refractivity contribution is -0.137. The molecule has 0 spiro atoms. The second kappa shape index (κ2) is 6.12. The highest BCUT2D eigenvalue weighted by Crippen LogP contribution is 2.37. The summed E-state index contributed by atoms with van der Waals surface area (Å²) in [6.07, 6.45) is -0.451. The predicted molar refractivity (Wildman–Crippen MR) is 69.8 cm³/mol. The number of halogens is 4. The molecule has 1 aromatic rings. The van der Waals surface area contributed by atoms with Crippen molar-refractivity contribution in [3.8, 4) is 0 Å². The van der Waals surface area contributed by atoms with Crippen LogP contribution in [0.3, 0.4) is 0 Å². The fraction of sp³-hybridized carbons (Fsp3) is 0.600. The molecule has 112 valence electrons. The number of rotatable bonds is 6. The van der Waals surface area contributed by atoms with Gasteiger partial charge in [-0.05, 0) is 43.5 Å². The third kappa shape index (κ3) is 3.95. The van der Waals surface area contributed by atoms with Crippen LogP contribution in [-0.4, -0.2) is 6.54 Å². The Kier molecular flexibility index (Phi) is 4.68. The smallest absolute Gasteiger partial charge is 0.310 e. The zero-order valence-electron chi connectivity index (χ0n) is 11.4. The van der Waals surface area contributed by atoms with Crippen molar-refractivity contribution in [2.45, 2.75) is 44.8 Å². The standard InChI is InChI=1S/C15H19F4N/c1-2-20-14(8-5-10-3-4-10)12-9-11(15(17,18)19)6-7-13(12)16/h6-7,9-10,14,20H,2-5,8H2,1H3. The fourth-order valence-corrected chi connectivity index (χ4v) is 2.41. The Morgan fingerprint density at radius 3 is 2.55 bits per heavy atom. The number of hydrogen-bond acceptors (Lipinski definition) is 1. The van der Waals surface area contributed by atoms with Gasteiger partial charge in [0.05, 0.1) is 5.56 Å². The summed E-state index contributed by atoms with van der Waals surface area (Å²) in [6, 6.07) is 2.31. The van der Waals surface area contributed by atoms with Gasteiger partial charge in [-0.2, -0.15) is 13.2 Å². The van der Waals surface area contributed by atoms with Crippen LogP contribution in [0.2, 0.25) is 0 Å². The van der Waals surface area contributed by atoms with E-state index in [9.17, 15) is 17.6 Å². The monoisotopic (exact) mass is 289 g/mol. The minimum absolute atomic E-state index is 0.127. The first-order chi connectivity index (χ1) is 9.41. The number of nitrogens with one attached hydrogen (secondary N) is 1. The molecule has 0 amide bonds. The van der Waals surface area contributed by atoms with Crippen molar-refractivity contribution in [2.75, 3.05) is 6.54 Å². The van der Waals surface area contributed by atoms with Gasteiger partial charge in [0.25, 0.3) is 0 Å². The largest absolute Gasteiger partial charge is 0.416 e. The lowest BCUT2D eigenvalue weighted by atomic mass is 9.97. The summed E-state index contributed by atoms with van der Waals surface area (Å²) in [5, 5.41) is 3.09. The van der Waals surface area contributed by atoms with Gasteiger partial charge in [0.1, 0.15) is 5.82 Å². The van der Waals surface area contributed by atoms with Gasteiger partial charge in [-0.15, -0.1) is 0 Å². The average Bonchev–Trinajstić information content (AvgIpc) is 3.18. The molecule has 1 aliphatic rings. The lowest BCUT2D eigenvalue weighted by Crippen LogP contribution is -2.22. The van der Waals surface area contributed by atoms with Crippen LogP contribution < -0.4 is 5.32 Å². The SMILES string of the molecule is CCNC(CCC1CC1)c1cc(C(F)(F)F)ccc1F. The van der Waals surface area contributed by atoms with E-state index in [4.69, 9.17) is 0 Å². The molecule has 0 aliphatic heterocycles. The Hall–Kier alpha value is -1.10. The molecule has 1 fully saturated rings. The van der Waals surface area contributed by atoms with Crippen LogP contribution in [0.1, 0.15) is 49.8 Å². The van der Waals surface area contributed by atoms with Crippen LogP contribution in [0.25, 0.3) is 0 Å². The molecule has 1 saturated carbocycles. The lowest BCUT2D eigenvalue weighted by Gasteiger charge is -2.20. The third-order valence-electron chi connectivity index (χ3n) is 3.71. The van der Waals surface area contributed by atoms with Gasteiger partial charge in [-0.3, -0.25) is 0 Å². The van der Waals surface area contributed by atoms with E-state index in [1.54, 1.807) is 0 Å². The minimum Gasteiger partial charge on any atom is -0.310 e. The molecular formula is C15H19F4N. The van der Waals surface area contributed by atoms with Crippen LogP contribution in [0.4, 0.5) is 17.6 Å². The third-order valence-corrected chi connectivity index (χ3v) is 3.71. The molecule has 1 N–H and O–H groups in total. The summed E-state index contributed by atoms with van der Waals surface area (Å²) in [4.78, 5) is 0. The fourth-order valence-electron chi connectivity index (χ4n) is 2.41. The maximum absolute atomic E-state index is 13.9. The summed E-state index contributed by atoms with van der Waals surface area (Å²) in [6.45, 7) is 2.47. The van der Waals surface area contributed by atoms with Crippen molar-refractivity contribution < 1.29 is 17.6 Å². The van der Waals surface area contributed by atoms with Crippen molar-refractivity contribution >= 4 is 0 Å². The highest BCUT2D eigenvalue weighted by atomic mass is 19.4. The topological polar surface area (TPSA) is 12.0 Å². The highest BCUT2D eigenvalue weighted by Gasteiger charge is 2.32. The summed E-state index contributed by atoms with van der Waals surface area (Å²) in [5.74, 6) is 0.102. The molecule has 0 saturated heterocycles. The van der Waals surface area contributed by atoms with Crippen LogP contribution in [0.15, 0.2) is 18.2 Å². The maximum Gasteiger partial charge on any atom is 0.416 e. The van der Waals surface area contributed by atoms with E-state index in [1.807, 2.05) is 6.92 Å². The summed E-state index contributed by atoms with van der Waals surface area (Å²) >= 11 is 0. The Bertz CT molecular complexity index is 452. The number of alkyl halides is 3. The second-order valence-electron chi connectivity index (χ2n) is 5.37. The van der Waals surface area contributed by atoms with Gasteiger partial charge in [0.15, 0.2) is 0 Å². The molecule has 1 aliphatic carbocycles. The van der Waals surface area contributed by atoms with Crippen LogP contribution >= 0.6 is 0 Å². The van der Waals surface area contributed by atoms with Gasteiger partial charge in [0.2, 0.25) is 0 Å². The molecule has 0 aromatic heterocycles. The van der Waals surface area contributed by atoms with Crippen molar-refractivity contribution in [1.29, 1.82) is 0 Å². The first kappa shape index (κ1) is 15.3. The van der Waals surface area contributed by atoms with Gasteiger partial charge < -0.3 is 5.32 Å². The number of benzene rings is 1. The van der Waals surface area contributed by atoms with Gasteiger partial charge >= 0.3 is 6.18 Å². The average molecular weight is 289 g/mol. The Morgan fingerprint density at radius 1 is 1.30 bits per heavy atom. The molecule has 0 radical (unpaired) electrons. The van der Waals surface area contributed by atoms with E-state index in [2.05, 4.69) is 5.32 Å². The van der Waals surface area contributed by atoms with Crippen molar-refractivity contribution in [2.24, 2.45) is 5.92 Å². The summed E-state index contributed by atoms with van der Waals surface area (Å²) in [5.41, 5.74) is -0.662. The Labute approximate surface area is 116 Å². The van der Waals surface area contributed by atoms with E-state index < -0.39 is 17.6 Å². The van der Waals surface area contributed by atoms with E-state index in [1.165, 1.54) is 12.8 Å². The van der Waals surface area contributed by atoms with Gasteiger partial charge in [-0.25, -0.2) is 4.39 Å². The minimum atomic E-state index is -4.43. The molecule has 5 heteroatoms. The quantitative estimate of drug-likeness (QED) is 0.749. The predicted octanol–water partition coefficient (Wildman–Crippen LogP) is 4.69. The number of hydrogen-bond donors (Lipinski definition) is 1. The molecule has 2 rings (SSSR count). The van der Waals surface area contributed by atoms with E-state index in [-0.39, 0.29) is 11.6 Å². The molecule has 0 heterocycles. The first-order valence-corrected chi connectivity index (χ1v) is 7.01. The van der Waals surface area contributed by atoms with Crippen molar-refractivity contribution in [3.63, 3.8) is 0 Å².